The highest BCUT2D eigenvalue weighted by Gasteiger charge is 2.18. The minimum absolute atomic E-state index is 0.0579. The van der Waals surface area contributed by atoms with Gasteiger partial charge in [0.2, 0.25) is 5.91 Å². The number of nitrogens with zero attached hydrogens (tertiary/aromatic N) is 1. The van der Waals surface area contributed by atoms with E-state index in [2.05, 4.69) is 12.1 Å². The molecule has 0 aliphatic heterocycles. The van der Waals surface area contributed by atoms with Gasteiger partial charge in [-0.2, -0.15) is 0 Å². The molecular weight excluding hydrogens is 314 g/mol. The van der Waals surface area contributed by atoms with Crippen LogP contribution in [0.15, 0.2) is 54.6 Å². The monoisotopic (exact) mass is 333 g/mol. The summed E-state index contributed by atoms with van der Waals surface area (Å²) in [5.74, 6) is 0.999. The van der Waals surface area contributed by atoms with E-state index < -0.39 is 0 Å². The van der Waals surface area contributed by atoms with E-state index in [1.54, 1.807) is 16.7 Å². The van der Waals surface area contributed by atoms with E-state index in [-0.39, 0.29) is 11.2 Å². The fourth-order valence-corrected chi connectivity index (χ4v) is 3.20. The van der Waals surface area contributed by atoms with Crippen molar-refractivity contribution in [2.24, 2.45) is 0 Å². The largest absolute Gasteiger partial charge is 0.340 e. The van der Waals surface area contributed by atoms with E-state index in [0.29, 0.717) is 11.6 Å². The third kappa shape index (κ3) is 5.08. The number of carbonyl (C=O) groups excluding carboxylic acids is 1. The van der Waals surface area contributed by atoms with Gasteiger partial charge < -0.3 is 4.90 Å². The second-order valence-corrected chi connectivity index (χ2v) is 7.03. The van der Waals surface area contributed by atoms with Gasteiger partial charge in [0, 0.05) is 24.4 Å². The van der Waals surface area contributed by atoms with Gasteiger partial charge in [0.05, 0.1) is 5.25 Å². The minimum Gasteiger partial charge on any atom is -0.340 e. The summed E-state index contributed by atoms with van der Waals surface area (Å²) in [5.41, 5.74) is 2.33. The maximum absolute atomic E-state index is 12.4. The highest BCUT2D eigenvalue weighted by Crippen LogP contribution is 2.20. The number of carbonyl (C=O) groups is 1. The Morgan fingerprint density at radius 3 is 2.36 bits per heavy atom. The molecule has 1 atom stereocenters. The molecule has 116 valence electrons. The number of hydrogen-bond donors (Lipinski definition) is 0. The second-order valence-electron chi connectivity index (χ2n) is 5.26. The van der Waals surface area contributed by atoms with E-state index in [1.165, 1.54) is 5.56 Å². The lowest BCUT2D eigenvalue weighted by molar-refractivity contribution is -0.129. The molecule has 0 aromatic heterocycles. The van der Waals surface area contributed by atoms with Crippen molar-refractivity contribution in [3.63, 3.8) is 0 Å². The average Bonchev–Trinajstić information content (AvgIpc) is 2.55. The van der Waals surface area contributed by atoms with Gasteiger partial charge >= 0.3 is 0 Å². The summed E-state index contributed by atoms with van der Waals surface area (Å²) >= 11 is 7.54. The molecule has 0 spiro atoms. The summed E-state index contributed by atoms with van der Waals surface area (Å²) in [4.78, 5) is 14.2. The van der Waals surface area contributed by atoms with Crippen LogP contribution in [0.1, 0.15) is 18.1 Å². The third-order valence-corrected chi connectivity index (χ3v) is 4.85. The average molecular weight is 334 g/mol. The minimum atomic E-state index is -0.0579. The molecule has 2 rings (SSSR count). The Morgan fingerprint density at radius 1 is 1.09 bits per heavy atom. The Hall–Kier alpha value is -1.45. The van der Waals surface area contributed by atoms with Crippen LogP contribution < -0.4 is 0 Å². The highest BCUT2D eigenvalue weighted by molar-refractivity contribution is 7.99. The second kappa shape index (κ2) is 8.25. The fourth-order valence-electron chi connectivity index (χ4n) is 2.12. The Labute approximate surface area is 141 Å². The van der Waals surface area contributed by atoms with Gasteiger partial charge in [-0.25, -0.2) is 0 Å². The zero-order chi connectivity index (χ0) is 15.9. The summed E-state index contributed by atoms with van der Waals surface area (Å²) in [6.07, 6.45) is 0. The Morgan fingerprint density at radius 2 is 1.73 bits per heavy atom. The molecule has 0 fully saturated rings. The lowest BCUT2D eigenvalue weighted by Crippen LogP contribution is -2.32. The maximum Gasteiger partial charge on any atom is 0.235 e. The van der Waals surface area contributed by atoms with Gasteiger partial charge in [-0.05, 0) is 30.2 Å². The molecule has 0 N–H and O–H groups in total. The molecule has 1 unspecified atom stereocenters. The zero-order valence-electron chi connectivity index (χ0n) is 12.8. The normalized spacial score (nSPS) is 12.0. The Kier molecular flexibility index (Phi) is 6.34. The molecule has 2 nitrogen and oxygen atoms in total. The molecule has 22 heavy (non-hydrogen) atoms. The van der Waals surface area contributed by atoms with E-state index in [1.807, 2.05) is 56.4 Å². The molecule has 0 aliphatic carbocycles. The van der Waals surface area contributed by atoms with E-state index in [0.717, 1.165) is 11.3 Å². The zero-order valence-corrected chi connectivity index (χ0v) is 14.4. The van der Waals surface area contributed by atoms with Gasteiger partial charge in [0.25, 0.3) is 0 Å². The number of thioether (sulfide) groups is 1. The van der Waals surface area contributed by atoms with Crippen molar-refractivity contribution in [3.8, 4) is 0 Å². The van der Waals surface area contributed by atoms with Crippen LogP contribution in [0.3, 0.4) is 0 Å². The summed E-state index contributed by atoms with van der Waals surface area (Å²) < 4.78 is 0. The quantitative estimate of drug-likeness (QED) is 0.768. The van der Waals surface area contributed by atoms with Crippen molar-refractivity contribution < 1.29 is 4.79 Å². The molecule has 1 amide bonds. The van der Waals surface area contributed by atoms with Crippen LogP contribution in [0.5, 0.6) is 0 Å². The number of rotatable bonds is 6. The molecule has 0 saturated heterocycles. The topological polar surface area (TPSA) is 20.3 Å². The first-order chi connectivity index (χ1) is 10.6. The van der Waals surface area contributed by atoms with Gasteiger partial charge in [-0.3, -0.25) is 4.79 Å². The van der Waals surface area contributed by atoms with Gasteiger partial charge in [0.15, 0.2) is 0 Å². The van der Waals surface area contributed by atoms with Crippen molar-refractivity contribution in [2.45, 2.75) is 24.5 Å². The van der Waals surface area contributed by atoms with Gasteiger partial charge in [0.1, 0.15) is 0 Å². The predicted octanol–water partition coefficient (Wildman–Crippen LogP) is 4.62. The molecule has 0 bridgehead atoms. The van der Waals surface area contributed by atoms with E-state index in [9.17, 15) is 4.79 Å². The lowest BCUT2D eigenvalue weighted by Gasteiger charge is -2.21. The summed E-state index contributed by atoms with van der Waals surface area (Å²) in [6, 6.07) is 17.8. The Bertz CT molecular complexity index is 600. The molecular formula is C18H20ClNOS. The van der Waals surface area contributed by atoms with E-state index in [4.69, 9.17) is 11.6 Å². The van der Waals surface area contributed by atoms with Crippen molar-refractivity contribution in [1.82, 2.24) is 4.90 Å². The standard InChI is InChI=1S/C18H20ClNOS/c1-14(22-13-16-6-4-3-5-7-16)18(21)20(2)12-15-8-10-17(19)11-9-15/h3-11,14H,12-13H2,1-2H3. The molecule has 4 heteroatoms. The SMILES string of the molecule is CC(SCc1ccccc1)C(=O)N(C)Cc1ccc(Cl)cc1. The first kappa shape index (κ1) is 16.9. The molecule has 0 heterocycles. The summed E-state index contributed by atoms with van der Waals surface area (Å²) in [6.45, 7) is 2.57. The predicted molar refractivity (Wildman–Crippen MR) is 95.1 cm³/mol. The van der Waals surface area contributed by atoms with Crippen molar-refractivity contribution in [1.29, 1.82) is 0 Å². The van der Waals surface area contributed by atoms with Gasteiger partial charge in [-0.15, -0.1) is 11.8 Å². The summed E-state index contributed by atoms with van der Waals surface area (Å²) in [7, 11) is 1.84. The first-order valence-electron chi connectivity index (χ1n) is 7.21. The molecule has 0 aliphatic rings. The fraction of sp³-hybridized carbons (Fsp3) is 0.278. The summed E-state index contributed by atoms with van der Waals surface area (Å²) in [5, 5.41) is 0.655. The Balaban J connectivity index is 1.85. The smallest absolute Gasteiger partial charge is 0.235 e. The van der Waals surface area contributed by atoms with Crippen LogP contribution in [0, 0.1) is 0 Å². The van der Waals surface area contributed by atoms with E-state index >= 15 is 0 Å². The number of hydrogen-bond acceptors (Lipinski definition) is 2. The van der Waals surface area contributed by atoms with Crippen molar-refractivity contribution in [3.05, 3.63) is 70.7 Å². The van der Waals surface area contributed by atoms with Gasteiger partial charge in [-0.1, -0.05) is 54.1 Å². The number of halogens is 1. The van der Waals surface area contributed by atoms with Crippen molar-refractivity contribution in [2.75, 3.05) is 7.05 Å². The number of amides is 1. The maximum atomic E-state index is 12.4. The van der Waals surface area contributed by atoms with Crippen molar-refractivity contribution >= 4 is 29.3 Å². The van der Waals surface area contributed by atoms with Crippen LogP contribution >= 0.6 is 23.4 Å². The number of benzene rings is 2. The van der Waals surface area contributed by atoms with Crippen LogP contribution in [-0.2, 0) is 17.1 Å². The third-order valence-electron chi connectivity index (χ3n) is 3.40. The molecule has 0 saturated carbocycles. The lowest BCUT2D eigenvalue weighted by atomic mass is 10.2. The van der Waals surface area contributed by atoms with Crippen LogP contribution in [0.4, 0.5) is 0 Å². The van der Waals surface area contributed by atoms with Crippen LogP contribution in [-0.4, -0.2) is 23.1 Å². The molecule has 2 aromatic carbocycles. The highest BCUT2D eigenvalue weighted by atomic mass is 35.5. The van der Waals surface area contributed by atoms with Crippen LogP contribution in [0.25, 0.3) is 0 Å². The molecule has 0 radical (unpaired) electrons. The molecule has 2 aromatic rings. The van der Waals surface area contributed by atoms with Crippen LogP contribution in [0.2, 0.25) is 5.02 Å². The first-order valence-corrected chi connectivity index (χ1v) is 8.64.